The van der Waals surface area contributed by atoms with Gasteiger partial charge in [-0.1, -0.05) is 23.9 Å². The Hall–Kier alpha value is -3.05. The van der Waals surface area contributed by atoms with Gasteiger partial charge in [0, 0.05) is 11.9 Å². The summed E-state index contributed by atoms with van der Waals surface area (Å²) in [5, 5.41) is 12.5. The number of thiophene rings is 1. The number of carbonyl (C=O) groups is 2. The summed E-state index contributed by atoms with van der Waals surface area (Å²) in [5.41, 5.74) is 1.54. The van der Waals surface area contributed by atoms with Crippen molar-refractivity contribution in [1.82, 2.24) is 14.8 Å². The Labute approximate surface area is 212 Å². The molecule has 0 radical (unpaired) electrons. The van der Waals surface area contributed by atoms with Gasteiger partial charge in [-0.25, -0.2) is 4.79 Å². The van der Waals surface area contributed by atoms with Crippen molar-refractivity contribution in [3.8, 4) is 11.5 Å². The quantitative estimate of drug-likeness (QED) is 0.315. The molecule has 0 saturated carbocycles. The Kier molecular flexibility index (Phi) is 8.29. The minimum atomic E-state index is -0.372. The molecule has 186 valence electrons. The first-order valence-corrected chi connectivity index (χ1v) is 13.2. The minimum absolute atomic E-state index is 0.129. The number of esters is 1. The van der Waals surface area contributed by atoms with Crippen molar-refractivity contribution >= 4 is 40.0 Å². The summed E-state index contributed by atoms with van der Waals surface area (Å²) < 4.78 is 18.2. The number of rotatable bonds is 10. The smallest absolute Gasteiger partial charge is 0.341 e. The van der Waals surface area contributed by atoms with E-state index in [0.29, 0.717) is 39.7 Å². The zero-order valence-corrected chi connectivity index (χ0v) is 21.6. The third-order valence-electron chi connectivity index (χ3n) is 5.59. The molecule has 4 rings (SSSR count). The number of nitrogens with zero attached hydrogens (tertiary/aromatic N) is 3. The van der Waals surface area contributed by atoms with Crippen molar-refractivity contribution in [3.63, 3.8) is 0 Å². The largest absolute Gasteiger partial charge is 0.493 e. The van der Waals surface area contributed by atoms with Crippen LogP contribution in [0.15, 0.2) is 29.4 Å². The van der Waals surface area contributed by atoms with Crippen LogP contribution in [0.1, 0.15) is 46.4 Å². The lowest BCUT2D eigenvalue weighted by atomic mass is 9.95. The normalized spacial score (nSPS) is 12.7. The van der Waals surface area contributed by atoms with Crippen molar-refractivity contribution < 1.29 is 23.8 Å². The molecule has 0 spiro atoms. The van der Waals surface area contributed by atoms with Crippen LogP contribution in [0.25, 0.3) is 0 Å². The zero-order chi connectivity index (χ0) is 24.8. The number of hydrogen-bond donors (Lipinski definition) is 1. The van der Waals surface area contributed by atoms with Gasteiger partial charge >= 0.3 is 5.97 Å². The van der Waals surface area contributed by atoms with E-state index in [1.54, 1.807) is 18.6 Å². The Balaban J connectivity index is 1.38. The summed E-state index contributed by atoms with van der Waals surface area (Å²) in [6, 6.07) is 7.38. The van der Waals surface area contributed by atoms with E-state index in [1.165, 1.54) is 23.1 Å². The van der Waals surface area contributed by atoms with Crippen LogP contribution >= 0.6 is 23.1 Å². The maximum absolute atomic E-state index is 12.8. The number of hydrogen-bond acceptors (Lipinski definition) is 9. The third kappa shape index (κ3) is 5.79. The Morgan fingerprint density at radius 3 is 2.71 bits per heavy atom. The van der Waals surface area contributed by atoms with Crippen LogP contribution in [0, 0.1) is 0 Å². The molecule has 1 aromatic carbocycles. The number of nitrogens with one attached hydrogen (secondary N) is 1. The van der Waals surface area contributed by atoms with Crippen molar-refractivity contribution in [2.75, 3.05) is 24.8 Å². The highest BCUT2D eigenvalue weighted by Gasteiger charge is 2.27. The standard InChI is InChI=1S/C24H28N4O5S2/c1-4-32-23(30)21-15-9-5-8-12-18(15)35-22(21)25-20(29)14-34-24-27-26-19(28(24)2)13-33-17-11-7-6-10-16(17)31-3/h6-7,10-11H,4-5,8-9,12-14H2,1-3H3,(H,25,29). The molecule has 0 atom stereocenters. The van der Waals surface area contributed by atoms with Gasteiger partial charge in [0.25, 0.3) is 0 Å². The number of anilines is 1. The molecular formula is C24H28N4O5S2. The van der Waals surface area contributed by atoms with Gasteiger partial charge in [0.15, 0.2) is 22.5 Å². The molecule has 1 N–H and O–H groups in total. The van der Waals surface area contributed by atoms with Crippen molar-refractivity contribution in [1.29, 1.82) is 0 Å². The van der Waals surface area contributed by atoms with Gasteiger partial charge < -0.3 is 24.1 Å². The fraction of sp³-hybridized carbons (Fsp3) is 0.417. The van der Waals surface area contributed by atoms with Crippen molar-refractivity contribution in [2.24, 2.45) is 7.05 Å². The molecule has 11 heteroatoms. The molecule has 9 nitrogen and oxygen atoms in total. The van der Waals surface area contributed by atoms with E-state index in [1.807, 2.05) is 31.3 Å². The van der Waals surface area contributed by atoms with Crippen LogP contribution in [0.3, 0.4) is 0 Å². The summed E-state index contributed by atoms with van der Waals surface area (Å²) in [5.74, 6) is 1.41. The van der Waals surface area contributed by atoms with E-state index in [-0.39, 0.29) is 24.2 Å². The van der Waals surface area contributed by atoms with Crippen LogP contribution < -0.4 is 14.8 Å². The number of aromatic nitrogens is 3. The number of thioether (sulfide) groups is 1. The highest BCUT2D eigenvalue weighted by Crippen LogP contribution is 2.38. The molecular weight excluding hydrogens is 488 g/mol. The summed E-state index contributed by atoms with van der Waals surface area (Å²) in [7, 11) is 3.42. The molecule has 0 aliphatic heterocycles. The van der Waals surface area contributed by atoms with Gasteiger partial charge in [0.05, 0.1) is 25.0 Å². The van der Waals surface area contributed by atoms with E-state index >= 15 is 0 Å². The summed E-state index contributed by atoms with van der Waals surface area (Å²) in [6.07, 6.45) is 3.89. The van der Waals surface area contributed by atoms with Gasteiger partial charge in [-0.15, -0.1) is 21.5 Å². The molecule has 2 heterocycles. The number of ether oxygens (including phenoxy) is 3. The number of methoxy groups -OCH3 is 1. The molecule has 1 amide bonds. The maximum Gasteiger partial charge on any atom is 0.341 e. The number of aryl methyl sites for hydroxylation is 1. The van der Waals surface area contributed by atoms with E-state index in [9.17, 15) is 9.59 Å². The number of benzene rings is 1. The minimum Gasteiger partial charge on any atom is -0.493 e. The van der Waals surface area contributed by atoms with Crippen LogP contribution in [0.4, 0.5) is 5.00 Å². The number of amides is 1. The lowest BCUT2D eigenvalue weighted by Crippen LogP contribution is -2.17. The Bertz CT molecular complexity index is 1210. The molecule has 1 aliphatic carbocycles. The van der Waals surface area contributed by atoms with E-state index in [2.05, 4.69) is 15.5 Å². The van der Waals surface area contributed by atoms with Gasteiger partial charge in [0.2, 0.25) is 5.91 Å². The molecule has 0 saturated heterocycles. The van der Waals surface area contributed by atoms with Crippen LogP contribution in [-0.2, 0) is 36.0 Å². The number of fused-ring (bicyclic) bond motifs is 1. The number of carbonyl (C=O) groups excluding carboxylic acids is 2. The maximum atomic E-state index is 12.8. The topological polar surface area (TPSA) is 105 Å². The average Bonchev–Trinajstić information content (AvgIpc) is 3.41. The third-order valence-corrected chi connectivity index (χ3v) is 7.81. The van der Waals surface area contributed by atoms with Crippen molar-refractivity contribution in [2.45, 2.75) is 44.4 Å². The summed E-state index contributed by atoms with van der Waals surface area (Å²) in [4.78, 5) is 26.5. The van der Waals surface area contributed by atoms with Gasteiger partial charge in [-0.05, 0) is 50.3 Å². The Morgan fingerprint density at radius 1 is 1.17 bits per heavy atom. The first kappa shape index (κ1) is 25.1. The Morgan fingerprint density at radius 2 is 1.94 bits per heavy atom. The highest BCUT2D eigenvalue weighted by molar-refractivity contribution is 7.99. The highest BCUT2D eigenvalue weighted by atomic mass is 32.2. The molecule has 1 aliphatic rings. The molecule has 2 aromatic heterocycles. The monoisotopic (exact) mass is 516 g/mol. The lowest BCUT2D eigenvalue weighted by Gasteiger charge is -2.12. The zero-order valence-electron chi connectivity index (χ0n) is 20.0. The second-order valence-corrected chi connectivity index (χ2v) is 9.92. The van der Waals surface area contributed by atoms with Crippen LogP contribution in [0.5, 0.6) is 11.5 Å². The van der Waals surface area contributed by atoms with Gasteiger partial charge in [-0.3, -0.25) is 4.79 Å². The molecule has 0 unspecified atom stereocenters. The lowest BCUT2D eigenvalue weighted by molar-refractivity contribution is -0.113. The molecule has 0 bridgehead atoms. The first-order chi connectivity index (χ1) is 17.0. The fourth-order valence-corrected chi connectivity index (χ4v) is 5.87. The van der Waals surface area contributed by atoms with Gasteiger partial charge in [0.1, 0.15) is 11.6 Å². The molecule has 35 heavy (non-hydrogen) atoms. The van der Waals surface area contributed by atoms with E-state index in [4.69, 9.17) is 14.2 Å². The van der Waals surface area contributed by atoms with Gasteiger partial charge in [-0.2, -0.15) is 0 Å². The second kappa shape index (κ2) is 11.6. The predicted molar refractivity (Wildman–Crippen MR) is 135 cm³/mol. The summed E-state index contributed by atoms with van der Waals surface area (Å²) >= 11 is 2.75. The second-order valence-electron chi connectivity index (χ2n) is 7.87. The van der Waals surface area contributed by atoms with E-state index in [0.717, 1.165) is 36.1 Å². The molecule has 3 aromatic rings. The first-order valence-electron chi connectivity index (χ1n) is 11.4. The van der Waals surface area contributed by atoms with Crippen LogP contribution in [-0.4, -0.2) is 46.1 Å². The summed E-state index contributed by atoms with van der Waals surface area (Å²) in [6.45, 7) is 2.28. The van der Waals surface area contributed by atoms with Crippen LogP contribution in [0.2, 0.25) is 0 Å². The molecule has 0 fully saturated rings. The predicted octanol–water partition coefficient (Wildman–Crippen LogP) is 4.25. The SMILES string of the molecule is CCOC(=O)c1c(NC(=O)CSc2nnc(COc3ccccc3OC)n2C)sc2c1CCCC2. The average molecular weight is 517 g/mol. The fourth-order valence-electron chi connectivity index (χ4n) is 3.84. The van der Waals surface area contributed by atoms with Crippen molar-refractivity contribution in [3.05, 3.63) is 46.1 Å². The van der Waals surface area contributed by atoms with E-state index < -0.39 is 0 Å². The number of para-hydroxylation sites is 2.